The average molecular weight is 327 g/mol. The number of carbonyl (C=O) groups is 1. The van der Waals surface area contributed by atoms with Gasteiger partial charge in [-0.05, 0) is 57.1 Å². The van der Waals surface area contributed by atoms with Crippen LogP contribution in [0.15, 0.2) is 24.4 Å². The highest BCUT2D eigenvalue weighted by molar-refractivity contribution is 7.13. The van der Waals surface area contributed by atoms with Crippen molar-refractivity contribution in [2.45, 2.75) is 51.0 Å². The lowest BCUT2D eigenvalue weighted by Gasteiger charge is -2.34. The predicted octanol–water partition coefficient (Wildman–Crippen LogP) is 3.78. The third-order valence-corrected chi connectivity index (χ3v) is 5.97. The van der Waals surface area contributed by atoms with Crippen LogP contribution in [0.25, 0.3) is 0 Å². The zero-order valence-electron chi connectivity index (χ0n) is 13.2. The highest BCUT2D eigenvalue weighted by atomic mass is 32.1. The predicted molar refractivity (Wildman–Crippen MR) is 90.6 cm³/mol. The van der Waals surface area contributed by atoms with Gasteiger partial charge in [-0.2, -0.15) is 0 Å². The van der Waals surface area contributed by atoms with Crippen LogP contribution in [-0.4, -0.2) is 27.3 Å². The molecular formula is C18H21N3OS. The van der Waals surface area contributed by atoms with Crippen LogP contribution in [0.1, 0.15) is 64.2 Å². The highest BCUT2D eigenvalue weighted by Gasteiger charge is 2.31. The van der Waals surface area contributed by atoms with Gasteiger partial charge in [0.05, 0.1) is 17.4 Å². The van der Waals surface area contributed by atoms with E-state index in [4.69, 9.17) is 0 Å². The van der Waals surface area contributed by atoms with Crippen molar-refractivity contribution in [2.24, 2.45) is 0 Å². The number of aryl methyl sites for hydroxylation is 2. The first kappa shape index (κ1) is 14.8. The summed E-state index contributed by atoms with van der Waals surface area (Å²) >= 11 is 1.61. The molecule has 2 aromatic rings. The van der Waals surface area contributed by atoms with Crippen LogP contribution in [0.3, 0.4) is 0 Å². The van der Waals surface area contributed by atoms with Gasteiger partial charge in [-0.25, -0.2) is 4.98 Å². The number of rotatable bonds is 2. The van der Waals surface area contributed by atoms with Crippen molar-refractivity contribution >= 4 is 17.2 Å². The van der Waals surface area contributed by atoms with Crippen LogP contribution in [-0.2, 0) is 12.8 Å². The van der Waals surface area contributed by atoms with Crippen LogP contribution < -0.4 is 0 Å². The number of carbonyl (C=O) groups excluding carboxylic acids is 1. The molecule has 1 fully saturated rings. The fourth-order valence-corrected chi connectivity index (χ4v) is 4.73. The lowest BCUT2D eigenvalue weighted by Crippen LogP contribution is -2.38. The van der Waals surface area contributed by atoms with Crippen LogP contribution in [0.2, 0.25) is 0 Å². The van der Waals surface area contributed by atoms with Gasteiger partial charge >= 0.3 is 0 Å². The van der Waals surface area contributed by atoms with E-state index in [-0.39, 0.29) is 11.9 Å². The topological polar surface area (TPSA) is 46.1 Å². The number of aromatic nitrogens is 2. The molecular weight excluding hydrogens is 306 g/mol. The summed E-state index contributed by atoms with van der Waals surface area (Å²) in [7, 11) is 0. The summed E-state index contributed by atoms with van der Waals surface area (Å²) in [5.74, 6) is 0.0970. The molecule has 0 N–H and O–H groups in total. The van der Waals surface area contributed by atoms with Gasteiger partial charge in [0, 0.05) is 17.6 Å². The largest absolute Gasteiger partial charge is 0.328 e. The quantitative estimate of drug-likeness (QED) is 0.843. The summed E-state index contributed by atoms with van der Waals surface area (Å²) in [6, 6.07) is 6.05. The minimum Gasteiger partial charge on any atom is -0.328 e. The Morgan fingerprint density at radius 1 is 1.17 bits per heavy atom. The van der Waals surface area contributed by atoms with Crippen LogP contribution in [0.5, 0.6) is 0 Å². The highest BCUT2D eigenvalue weighted by Crippen LogP contribution is 2.33. The third-order valence-electron chi connectivity index (χ3n) is 4.82. The molecule has 1 amide bonds. The molecule has 5 heteroatoms. The Morgan fingerprint density at radius 3 is 2.91 bits per heavy atom. The second kappa shape index (κ2) is 6.40. The number of fused-ring (bicyclic) bond motifs is 1. The van der Waals surface area contributed by atoms with Crippen LogP contribution in [0.4, 0.5) is 0 Å². The van der Waals surface area contributed by atoms with Gasteiger partial charge in [0.15, 0.2) is 5.01 Å². The molecule has 4 nitrogen and oxygen atoms in total. The molecule has 4 rings (SSSR count). The Morgan fingerprint density at radius 2 is 2.09 bits per heavy atom. The average Bonchev–Trinajstić information content (AvgIpc) is 3.06. The fraction of sp³-hybridized carbons (Fsp3) is 0.500. The van der Waals surface area contributed by atoms with E-state index in [2.05, 4.69) is 9.97 Å². The Labute approximate surface area is 140 Å². The summed E-state index contributed by atoms with van der Waals surface area (Å²) in [5, 5.41) is 0.680. The van der Waals surface area contributed by atoms with Crippen molar-refractivity contribution in [3.63, 3.8) is 0 Å². The molecule has 0 aromatic carbocycles. The van der Waals surface area contributed by atoms with E-state index in [9.17, 15) is 4.79 Å². The smallest absolute Gasteiger partial charge is 0.283 e. The summed E-state index contributed by atoms with van der Waals surface area (Å²) in [6.45, 7) is 0.810. The number of thiazole rings is 1. The first-order chi connectivity index (χ1) is 11.3. The fourth-order valence-electron chi connectivity index (χ4n) is 3.62. The Kier molecular flexibility index (Phi) is 4.12. The molecule has 1 aliphatic carbocycles. The Hall–Kier alpha value is -1.75. The summed E-state index contributed by atoms with van der Waals surface area (Å²) in [6.07, 6.45) is 9.57. The van der Waals surface area contributed by atoms with Crippen molar-refractivity contribution < 1.29 is 4.79 Å². The number of hydrogen-bond acceptors (Lipinski definition) is 4. The van der Waals surface area contributed by atoms with Crippen molar-refractivity contribution in [1.29, 1.82) is 0 Å². The van der Waals surface area contributed by atoms with Crippen molar-refractivity contribution in [3.8, 4) is 0 Å². The maximum Gasteiger partial charge on any atom is 0.283 e. The van der Waals surface area contributed by atoms with Crippen molar-refractivity contribution in [3.05, 3.63) is 45.7 Å². The molecule has 0 saturated carbocycles. The summed E-state index contributed by atoms with van der Waals surface area (Å²) in [4.78, 5) is 25.5. The molecule has 1 aliphatic heterocycles. The molecule has 23 heavy (non-hydrogen) atoms. The number of pyridine rings is 1. The second-order valence-electron chi connectivity index (χ2n) is 6.36. The van der Waals surface area contributed by atoms with Crippen molar-refractivity contribution in [1.82, 2.24) is 14.9 Å². The minimum atomic E-state index is 0.0957. The van der Waals surface area contributed by atoms with Crippen LogP contribution in [0, 0.1) is 0 Å². The van der Waals surface area contributed by atoms with Crippen LogP contribution >= 0.6 is 11.3 Å². The van der Waals surface area contributed by atoms with E-state index < -0.39 is 0 Å². The molecule has 120 valence electrons. The first-order valence-corrected chi connectivity index (χ1v) is 9.35. The molecule has 2 aromatic heterocycles. The number of likely N-dealkylation sites (tertiary alicyclic amines) is 1. The molecule has 1 saturated heterocycles. The molecule has 1 unspecified atom stereocenters. The molecule has 3 heterocycles. The van der Waals surface area contributed by atoms with E-state index in [0.717, 1.165) is 50.0 Å². The number of nitrogens with zero attached hydrogens (tertiary/aromatic N) is 3. The molecule has 2 aliphatic rings. The minimum absolute atomic E-state index is 0.0957. The van der Waals surface area contributed by atoms with Gasteiger partial charge in [0.1, 0.15) is 0 Å². The van der Waals surface area contributed by atoms with Crippen molar-refractivity contribution in [2.75, 3.05) is 6.54 Å². The normalized spacial score (nSPS) is 21.0. The third kappa shape index (κ3) is 2.90. The maximum absolute atomic E-state index is 13.0. The van der Waals surface area contributed by atoms with Gasteiger partial charge in [-0.15, -0.1) is 11.3 Å². The zero-order valence-corrected chi connectivity index (χ0v) is 14.0. The van der Waals surface area contributed by atoms with Gasteiger partial charge in [-0.1, -0.05) is 6.07 Å². The van der Waals surface area contributed by atoms with E-state index in [1.165, 1.54) is 17.7 Å². The lowest BCUT2D eigenvalue weighted by molar-refractivity contribution is 0.0605. The van der Waals surface area contributed by atoms with E-state index in [1.807, 2.05) is 29.3 Å². The SMILES string of the molecule is O=C(c1nc2c(s1)CCCC2)N1CCCCC1c1ccccn1. The first-order valence-electron chi connectivity index (χ1n) is 8.53. The summed E-state index contributed by atoms with van der Waals surface area (Å²) < 4.78 is 0. The Bertz CT molecular complexity index is 674. The summed E-state index contributed by atoms with van der Waals surface area (Å²) in [5.41, 5.74) is 2.16. The standard InChI is InChI=1S/C18H21N3OS/c22-18(17-20-14-8-1-2-10-16(14)23-17)21-12-6-4-9-15(21)13-7-3-5-11-19-13/h3,5,7,11,15H,1-2,4,6,8-10,12H2. The number of hydrogen-bond donors (Lipinski definition) is 0. The monoisotopic (exact) mass is 327 g/mol. The van der Waals surface area contributed by atoms with Gasteiger partial charge in [0.25, 0.3) is 5.91 Å². The van der Waals surface area contributed by atoms with E-state index in [1.54, 1.807) is 11.3 Å². The second-order valence-corrected chi connectivity index (χ2v) is 7.44. The van der Waals surface area contributed by atoms with E-state index in [0.29, 0.717) is 5.01 Å². The number of piperidine rings is 1. The van der Waals surface area contributed by atoms with E-state index >= 15 is 0 Å². The molecule has 0 spiro atoms. The van der Waals surface area contributed by atoms with Gasteiger partial charge < -0.3 is 4.90 Å². The van der Waals surface area contributed by atoms with Gasteiger partial charge in [-0.3, -0.25) is 9.78 Å². The Balaban J connectivity index is 1.61. The maximum atomic E-state index is 13.0. The number of amides is 1. The molecule has 0 bridgehead atoms. The zero-order chi connectivity index (χ0) is 15.6. The molecule has 0 radical (unpaired) electrons. The molecule has 1 atom stereocenters. The van der Waals surface area contributed by atoms with Gasteiger partial charge in [0.2, 0.25) is 0 Å². The lowest BCUT2D eigenvalue weighted by atomic mass is 9.98.